The number of benzene rings is 3. The number of halogens is 11. The van der Waals surface area contributed by atoms with Gasteiger partial charge in [0.05, 0.1) is 0 Å². The van der Waals surface area contributed by atoms with Crippen LogP contribution in [0.1, 0.15) is 113 Å². The maximum atomic E-state index is 14.0. The Morgan fingerprint density at radius 2 is 1.25 bits per heavy atom. The molecule has 0 heterocycles. The van der Waals surface area contributed by atoms with E-state index in [9.17, 15) is 39.5 Å². The van der Waals surface area contributed by atoms with Crippen LogP contribution in [-0.4, -0.2) is 24.5 Å². The molecule has 0 saturated heterocycles. The molecular weight excluding hydrogens is 878 g/mol. The van der Waals surface area contributed by atoms with Crippen LogP contribution in [0.3, 0.4) is 0 Å². The standard InChI is InChI=1S/C21H14F9.C20H27.C2H7Si.2ClH.Zr/c1-2-12-10-14-4-3-5-16(17(14)11-12)13-6-8-15(9-7-13)18(19(22,23)24,20(25,26)27)21(28,29)30;1-4-15(3)19-7-5-6-17-12-18(13-20(17)19)16-10-8-14(2)9-11-16;1-3-2;;;/h3-11H,2H2,1H3;5-7,12-16H,4,8-11H2,1-3H3;3H,1-2H3;2*1H;/q;;;;;+2/p-2. The van der Waals surface area contributed by atoms with Crippen LogP contribution in [0, 0.1) is 11.8 Å². The Morgan fingerprint density at radius 3 is 1.75 bits per heavy atom. The summed E-state index contributed by atoms with van der Waals surface area (Å²) in [6, 6.07) is 14.3. The van der Waals surface area contributed by atoms with E-state index in [4.69, 9.17) is 17.0 Å². The van der Waals surface area contributed by atoms with Gasteiger partial charge < -0.3 is 0 Å². The first-order valence-electron chi connectivity index (χ1n) is 19.5. The predicted molar refractivity (Wildman–Crippen MR) is 210 cm³/mol. The van der Waals surface area contributed by atoms with Gasteiger partial charge in [0.2, 0.25) is 0 Å². The minimum absolute atomic E-state index is 0.155. The normalized spacial score (nSPS) is 23.3. The molecule has 0 amide bonds. The molecule has 3 aliphatic carbocycles. The average molecular weight is 926 g/mol. The van der Waals surface area contributed by atoms with Crippen molar-refractivity contribution in [3.63, 3.8) is 0 Å². The summed E-state index contributed by atoms with van der Waals surface area (Å²) in [7, 11) is 17.2. The van der Waals surface area contributed by atoms with Crippen LogP contribution < -0.4 is 0 Å². The van der Waals surface area contributed by atoms with Gasteiger partial charge in [-0.05, 0) is 0 Å². The average Bonchev–Trinajstić information content (AvgIpc) is 3.71. The van der Waals surface area contributed by atoms with Gasteiger partial charge in [-0.15, -0.1) is 0 Å². The van der Waals surface area contributed by atoms with Crippen LogP contribution in [-0.2, 0) is 21.0 Å². The van der Waals surface area contributed by atoms with Crippen molar-refractivity contribution in [2.75, 3.05) is 0 Å². The van der Waals surface area contributed by atoms with Crippen LogP contribution >= 0.6 is 17.0 Å². The Balaban J connectivity index is 1.54. The molecule has 13 heteroatoms. The summed E-state index contributed by atoms with van der Waals surface area (Å²) in [6.07, 6.45) is -9.81. The second kappa shape index (κ2) is 15.0. The summed E-state index contributed by atoms with van der Waals surface area (Å²) in [4.78, 5) is 0. The summed E-state index contributed by atoms with van der Waals surface area (Å²) < 4.78 is 125. The summed E-state index contributed by atoms with van der Waals surface area (Å²) in [5.41, 5.74) is 0.237. The number of alkyl halides is 9. The van der Waals surface area contributed by atoms with Crippen molar-refractivity contribution in [2.45, 2.75) is 116 Å². The van der Waals surface area contributed by atoms with Gasteiger partial charge in [-0.2, -0.15) is 0 Å². The molecule has 1 saturated carbocycles. The molecule has 0 nitrogen and oxygen atoms in total. The Morgan fingerprint density at radius 1 is 0.714 bits per heavy atom. The third-order valence-electron chi connectivity index (χ3n) is 13.4. The molecule has 0 spiro atoms. The first kappa shape index (κ1) is 43.8. The molecule has 0 aliphatic heterocycles. The van der Waals surface area contributed by atoms with E-state index in [1.807, 2.05) is 19.1 Å². The van der Waals surface area contributed by atoms with Gasteiger partial charge in [0.1, 0.15) is 0 Å². The van der Waals surface area contributed by atoms with Crippen molar-refractivity contribution in [3.8, 4) is 11.1 Å². The van der Waals surface area contributed by atoms with Crippen molar-refractivity contribution in [2.24, 2.45) is 11.8 Å². The van der Waals surface area contributed by atoms with Gasteiger partial charge in [0.25, 0.3) is 0 Å². The van der Waals surface area contributed by atoms with Crippen LogP contribution in [0.5, 0.6) is 0 Å². The fraction of sp³-hybridized carbons (Fsp3) is 0.488. The first-order valence-corrected chi connectivity index (χ1v) is 35.8. The molecule has 0 N–H and O–H groups in total. The fourth-order valence-electron chi connectivity index (χ4n) is 10.0. The van der Waals surface area contributed by atoms with E-state index in [-0.39, 0.29) is 12.8 Å². The van der Waals surface area contributed by atoms with E-state index in [0.717, 1.165) is 55.4 Å². The van der Waals surface area contributed by atoms with Gasteiger partial charge in [-0.25, -0.2) is 0 Å². The van der Waals surface area contributed by atoms with Crippen molar-refractivity contribution in [1.29, 1.82) is 0 Å². The van der Waals surface area contributed by atoms with E-state index in [1.165, 1.54) is 22.3 Å². The Kier molecular flexibility index (Phi) is 11.7. The Hall–Kier alpha value is -1.81. The molecule has 3 aromatic carbocycles. The zero-order chi connectivity index (χ0) is 41.4. The zero-order valence-corrected chi connectivity index (χ0v) is 37.4. The quantitative estimate of drug-likeness (QED) is 0.148. The van der Waals surface area contributed by atoms with Gasteiger partial charge in [-0.3, -0.25) is 0 Å². The predicted octanol–water partition coefficient (Wildman–Crippen LogP) is 15.6. The third-order valence-corrected chi connectivity index (χ3v) is 65.2. The summed E-state index contributed by atoms with van der Waals surface area (Å²) in [5, 5.41) is 0. The van der Waals surface area contributed by atoms with Crippen molar-refractivity contribution < 1.29 is 55.1 Å². The SMILES string of the molecule is CCC1=Cc2c(-c3ccc(C(C(F)(F)F)(C(F)(F)F)C(F)(F)F)cc3)cccc2[CH]1[Zr]([Cl])([Cl])([CH]1C(C2CCC(C)CC2)=Cc2c(C(C)CC)cccc21)[SiH](C)C. The number of rotatable bonds is 9. The molecular formula is C43H48Cl2F9SiZr. The molecule has 1 fully saturated rings. The number of fused-ring (bicyclic) bond motifs is 2. The molecule has 6 rings (SSSR count). The van der Waals surface area contributed by atoms with Gasteiger partial charge in [0, 0.05) is 0 Å². The molecule has 305 valence electrons. The molecule has 3 unspecified atom stereocenters. The van der Waals surface area contributed by atoms with Crippen molar-refractivity contribution >= 4 is 35.1 Å². The van der Waals surface area contributed by atoms with Gasteiger partial charge >= 0.3 is 335 Å². The van der Waals surface area contributed by atoms with Gasteiger partial charge in [0.15, 0.2) is 0 Å². The topological polar surface area (TPSA) is 0 Å². The molecule has 56 heavy (non-hydrogen) atoms. The zero-order valence-electron chi connectivity index (χ0n) is 32.3. The maximum absolute atomic E-state index is 14.0. The van der Waals surface area contributed by atoms with E-state index in [1.54, 1.807) is 12.1 Å². The molecule has 3 aliphatic rings. The van der Waals surface area contributed by atoms with E-state index in [2.05, 4.69) is 58.1 Å². The molecule has 3 atom stereocenters. The number of hydrogen-bond acceptors (Lipinski definition) is 0. The van der Waals surface area contributed by atoms with E-state index >= 15 is 0 Å². The van der Waals surface area contributed by atoms with Crippen LogP contribution in [0.15, 0.2) is 71.8 Å². The fourth-order valence-corrected chi connectivity index (χ4v) is 41.4. The van der Waals surface area contributed by atoms with E-state index in [0.29, 0.717) is 47.4 Å². The van der Waals surface area contributed by atoms with Crippen LogP contribution in [0.4, 0.5) is 39.5 Å². The van der Waals surface area contributed by atoms with Crippen LogP contribution in [0.25, 0.3) is 23.3 Å². The molecule has 3 aromatic rings. The van der Waals surface area contributed by atoms with Crippen molar-refractivity contribution in [1.82, 2.24) is 0 Å². The number of allylic oxidation sites excluding steroid dienone is 2. The van der Waals surface area contributed by atoms with Crippen molar-refractivity contribution in [3.05, 3.63) is 105 Å². The first-order chi connectivity index (χ1) is 25.9. The monoisotopic (exact) mass is 923 g/mol. The minimum atomic E-state index is -6.70. The Bertz CT molecular complexity index is 1980. The number of hydrogen-bond donors (Lipinski definition) is 0. The second-order valence-corrected chi connectivity index (χ2v) is 59.2. The molecule has 0 aromatic heterocycles. The van der Waals surface area contributed by atoms with E-state index < -0.39 is 51.0 Å². The second-order valence-electron chi connectivity index (χ2n) is 16.7. The summed E-state index contributed by atoms with van der Waals surface area (Å²) in [6.45, 7) is 13.2. The van der Waals surface area contributed by atoms with Gasteiger partial charge in [-0.1, -0.05) is 0 Å². The van der Waals surface area contributed by atoms with Crippen LogP contribution in [0.2, 0.25) is 13.1 Å². The summed E-state index contributed by atoms with van der Waals surface area (Å²) in [5.74, 6) is -0.698. The third kappa shape index (κ3) is 6.67. The summed E-state index contributed by atoms with van der Waals surface area (Å²) >= 11 is -5.27. The Labute approximate surface area is 332 Å². The molecule has 0 bridgehead atoms. The molecule has 0 radical (unpaired) electrons.